The maximum atomic E-state index is 12.5. The number of carbonyl (C=O) groups is 1. The zero-order valence-electron chi connectivity index (χ0n) is 12.8. The summed E-state index contributed by atoms with van der Waals surface area (Å²) in [7, 11) is 0. The van der Waals surface area contributed by atoms with E-state index in [1.165, 1.54) is 16.9 Å². The molecule has 1 aliphatic carbocycles. The highest BCUT2D eigenvalue weighted by Gasteiger charge is 2.22. The molecule has 116 valence electrons. The number of esters is 1. The highest BCUT2D eigenvalue weighted by Crippen LogP contribution is 2.36. The molecule has 4 rings (SSSR count). The topological polar surface area (TPSA) is 65.2 Å². The Kier molecular flexibility index (Phi) is 3.31. The molecule has 1 aromatic carbocycles. The van der Waals surface area contributed by atoms with Gasteiger partial charge in [0.1, 0.15) is 15.5 Å². The van der Waals surface area contributed by atoms with Gasteiger partial charge in [-0.15, -0.1) is 11.3 Å². The molecule has 0 saturated carbocycles. The summed E-state index contributed by atoms with van der Waals surface area (Å²) in [6.45, 7) is 1.91. The van der Waals surface area contributed by atoms with Gasteiger partial charge in [0.25, 0.3) is 0 Å². The van der Waals surface area contributed by atoms with E-state index in [-0.39, 0.29) is 0 Å². The molecule has 0 atom stereocenters. The summed E-state index contributed by atoms with van der Waals surface area (Å²) >= 11 is 1.31. The number of hydrogen-bond acceptors (Lipinski definition) is 5. The van der Waals surface area contributed by atoms with Gasteiger partial charge in [-0.25, -0.2) is 9.78 Å². The normalized spacial score (nSPS) is 13.3. The summed E-state index contributed by atoms with van der Waals surface area (Å²) in [5.74, 6) is 0.143. The smallest absolute Gasteiger partial charge is 0.355 e. The Morgan fingerprint density at radius 2 is 2.13 bits per heavy atom. The van der Waals surface area contributed by atoms with Crippen molar-refractivity contribution in [1.29, 1.82) is 0 Å². The molecule has 1 aliphatic rings. The molecule has 2 N–H and O–H groups in total. The molecule has 0 amide bonds. The molecular formula is C18H16N2O2S. The van der Waals surface area contributed by atoms with E-state index in [1.54, 1.807) is 6.07 Å². The lowest BCUT2D eigenvalue weighted by molar-refractivity contribution is 0.0739. The van der Waals surface area contributed by atoms with E-state index in [0.717, 1.165) is 40.7 Å². The highest BCUT2D eigenvalue weighted by molar-refractivity contribution is 7.21. The lowest BCUT2D eigenvalue weighted by Crippen LogP contribution is -2.09. The first-order valence-electron chi connectivity index (χ1n) is 7.62. The SMILES string of the molecule is Cc1ccccc1OC(=O)c1sc2nc3c(cc2c1N)CCC3. The van der Waals surface area contributed by atoms with Crippen molar-refractivity contribution < 1.29 is 9.53 Å². The molecule has 0 radical (unpaired) electrons. The van der Waals surface area contributed by atoms with Crippen LogP contribution in [0.1, 0.15) is 32.9 Å². The van der Waals surface area contributed by atoms with Gasteiger partial charge in [0.15, 0.2) is 0 Å². The summed E-state index contributed by atoms with van der Waals surface area (Å²) in [5, 5.41) is 0.868. The Labute approximate surface area is 137 Å². The van der Waals surface area contributed by atoms with Crippen LogP contribution in [0.5, 0.6) is 5.75 Å². The molecule has 2 heterocycles. The number of carbonyl (C=O) groups excluding carboxylic acids is 1. The predicted molar refractivity (Wildman–Crippen MR) is 92.2 cm³/mol. The Morgan fingerprint density at radius 3 is 2.96 bits per heavy atom. The number of para-hydroxylation sites is 1. The van der Waals surface area contributed by atoms with E-state index in [2.05, 4.69) is 11.1 Å². The van der Waals surface area contributed by atoms with E-state index in [4.69, 9.17) is 10.5 Å². The molecule has 0 aliphatic heterocycles. The molecule has 0 bridgehead atoms. The van der Waals surface area contributed by atoms with E-state index < -0.39 is 5.97 Å². The Hall–Kier alpha value is -2.40. The number of benzene rings is 1. The third kappa shape index (κ3) is 2.37. The molecule has 3 aromatic rings. The number of nitrogens with zero attached hydrogens (tertiary/aromatic N) is 1. The number of anilines is 1. The van der Waals surface area contributed by atoms with Crippen LogP contribution in [0.4, 0.5) is 5.69 Å². The van der Waals surface area contributed by atoms with Gasteiger partial charge >= 0.3 is 5.97 Å². The molecule has 2 aromatic heterocycles. The van der Waals surface area contributed by atoms with Crippen LogP contribution in [-0.4, -0.2) is 11.0 Å². The zero-order valence-corrected chi connectivity index (χ0v) is 13.6. The summed E-state index contributed by atoms with van der Waals surface area (Å²) < 4.78 is 5.51. The summed E-state index contributed by atoms with van der Waals surface area (Å²) in [5.41, 5.74) is 9.97. The Balaban J connectivity index is 1.73. The van der Waals surface area contributed by atoms with Crippen molar-refractivity contribution in [1.82, 2.24) is 4.98 Å². The van der Waals surface area contributed by atoms with Crippen molar-refractivity contribution in [2.24, 2.45) is 0 Å². The van der Waals surface area contributed by atoms with Crippen LogP contribution in [-0.2, 0) is 12.8 Å². The number of nitrogens with two attached hydrogens (primary N) is 1. The third-order valence-electron chi connectivity index (χ3n) is 4.23. The zero-order chi connectivity index (χ0) is 16.0. The second kappa shape index (κ2) is 5.35. The minimum atomic E-state index is -0.417. The van der Waals surface area contributed by atoms with Gasteiger partial charge in [-0.3, -0.25) is 0 Å². The summed E-state index contributed by atoms with van der Waals surface area (Å²) in [4.78, 5) is 18.4. The third-order valence-corrected chi connectivity index (χ3v) is 5.33. The maximum Gasteiger partial charge on any atom is 0.355 e. The second-order valence-electron chi connectivity index (χ2n) is 5.80. The molecule has 0 unspecified atom stereocenters. The fraction of sp³-hybridized carbons (Fsp3) is 0.222. The minimum absolute atomic E-state index is 0.417. The molecule has 0 spiro atoms. The first kappa shape index (κ1) is 14.2. The van der Waals surface area contributed by atoms with Crippen LogP contribution in [0.25, 0.3) is 10.2 Å². The average molecular weight is 324 g/mol. The average Bonchev–Trinajstić information content (AvgIpc) is 3.12. The first-order valence-corrected chi connectivity index (χ1v) is 8.43. The lowest BCUT2D eigenvalue weighted by atomic mass is 10.1. The minimum Gasteiger partial charge on any atom is -0.422 e. The van der Waals surface area contributed by atoms with Gasteiger partial charge < -0.3 is 10.5 Å². The van der Waals surface area contributed by atoms with Crippen molar-refractivity contribution in [3.63, 3.8) is 0 Å². The van der Waals surface area contributed by atoms with Crippen molar-refractivity contribution >= 4 is 33.2 Å². The second-order valence-corrected chi connectivity index (χ2v) is 6.80. The number of pyridine rings is 1. The van der Waals surface area contributed by atoms with Gasteiger partial charge in [0.05, 0.1) is 5.69 Å². The Morgan fingerprint density at radius 1 is 1.30 bits per heavy atom. The number of ether oxygens (including phenoxy) is 1. The number of aromatic nitrogens is 1. The van der Waals surface area contributed by atoms with Crippen LogP contribution < -0.4 is 10.5 Å². The Bertz CT molecular complexity index is 930. The van der Waals surface area contributed by atoms with Crippen LogP contribution >= 0.6 is 11.3 Å². The van der Waals surface area contributed by atoms with Gasteiger partial charge in [0, 0.05) is 11.1 Å². The van der Waals surface area contributed by atoms with E-state index in [1.807, 2.05) is 25.1 Å². The summed E-state index contributed by atoms with van der Waals surface area (Å²) in [6.07, 6.45) is 3.18. The number of rotatable bonds is 2. The monoisotopic (exact) mass is 324 g/mol. The standard InChI is InChI=1S/C18H16N2O2S/c1-10-5-2-3-8-14(10)22-18(21)16-15(19)12-9-11-6-4-7-13(11)20-17(12)23-16/h2-3,5,8-9H,4,6-7,19H2,1H3. The fourth-order valence-electron chi connectivity index (χ4n) is 2.97. The maximum absolute atomic E-state index is 12.5. The highest BCUT2D eigenvalue weighted by atomic mass is 32.1. The van der Waals surface area contributed by atoms with Gasteiger partial charge in [-0.2, -0.15) is 0 Å². The number of hydrogen-bond donors (Lipinski definition) is 1. The van der Waals surface area contributed by atoms with E-state index in [9.17, 15) is 4.79 Å². The fourth-order valence-corrected chi connectivity index (χ4v) is 3.94. The number of nitrogen functional groups attached to an aromatic ring is 1. The van der Waals surface area contributed by atoms with Crippen LogP contribution in [0.3, 0.4) is 0 Å². The molecule has 0 saturated heterocycles. The molecule has 4 nitrogen and oxygen atoms in total. The van der Waals surface area contributed by atoms with Crippen molar-refractivity contribution in [3.8, 4) is 5.75 Å². The first-order chi connectivity index (χ1) is 11.1. The van der Waals surface area contributed by atoms with E-state index >= 15 is 0 Å². The molecule has 5 heteroatoms. The number of fused-ring (bicyclic) bond motifs is 2. The largest absolute Gasteiger partial charge is 0.422 e. The lowest BCUT2D eigenvalue weighted by Gasteiger charge is -2.06. The molecule has 23 heavy (non-hydrogen) atoms. The van der Waals surface area contributed by atoms with Crippen molar-refractivity contribution in [2.75, 3.05) is 5.73 Å². The van der Waals surface area contributed by atoms with Gasteiger partial charge in [-0.1, -0.05) is 18.2 Å². The molecule has 0 fully saturated rings. The summed E-state index contributed by atoms with van der Waals surface area (Å²) in [6, 6.07) is 9.52. The van der Waals surface area contributed by atoms with Crippen molar-refractivity contribution in [3.05, 3.63) is 52.0 Å². The van der Waals surface area contributed by atoms with Gasteiger partial charge in [0.2, 0.25) is 0 Å². The van der Waals surface area contributed by atoms with Crippen LogP contribution in [0.2, 0.25) is 0 Å². The quantitative estimate of drug-likeness (QED) is 0.573. The van der Waals surface area contributed by atoms with Crippen molar-refractivity contribution in [2.45, 2.75) is 26.2 Å². The van der Waals surface area contributed by atoms with Crippen LogP contribution in [0.15, 0.2) is 30.3 Å². The predicted octanol–water partition coefficient (Wildman–Crippen LogP) is 3.89. The molecular weight excluding hydrogens is 308 g/mol. The number of thiophene rings is 1. The number of aryl methyl sites for hydroxylation is 3. The van der Waals surface area contributed by atoms with Crippen LogP contribution in [0, 0.1) is 6.92 Å². The van der Waals surface area contributed by atoms with Gasteiger partial charge in [-0.05, 0) is 49.4 Å². The van der Waals surface area contributed by atoms with E-state index in [0.29, 0.717) is 16.3 Å².